The van der Waals surface area contributed by atoms with Crippen LogP contribution in [0.15, 0.2) is 48.5 Å². The Morgan fingerprint density at radius 1 is 1.16 bits per heavy atom. The van der Waals surface area contributed by atoms with E-state index in [-0.39, 0.29) is 6.04 Å². The number of nitrogens with zero attached hydrogens (tertiary/aromatic N) is 5. The number of benzene rings is 1. The van der Waals surface area contributed by atoms with Crippen molar-refractivity contribution in [3.05, 3.63) is 65.6 Å². The summed E-state index contributed by atoms with van der Waals surface area (Å²) in [6.07, 6.45) is 3.11. The topological polar surface area (TPSA) is 94.8 Å². The zero-order chi connectivity index (χ0) is 22.5. The third-order valence-corrected chi connectivity index (χ3v) is 5.87. The minimum atomic E-state index is 0.187. The Morgan fingerprint density at radius 2 is 1.97 bits per heavy atom. The fourth-order valence-corrected chi connectivity index (χ4v) is 4.29. The van der Waals surface area contributed by atoms with Crippen molar-refractivity contribution < 1.29 is 0 Å². The number of pyridine rings is 1. The molecule has 0 spiro atoms. The molecule has 4 aromatic rings. The maximum atomic E-state index is 9.05. The summed E-state index contributed by atoms with van der Waals surface area (Å²) in [5.74, 6) is 0.834. The lowest BCUT2D eigenvalue weighted by Gasteiger charge is -2.16. The summed E-state index contributed by atoms with van der Waals surface area (Å²) in [7, 11) is 0. The molecule has 164 valence electrons. The van der Waals surface area contributed by atoms with E-state index in [1.165, 1.54) is 5.56 Å². The second-order valence-electron chi connectivity index (χ2n) is 8.18. The van der Waals surface area contributed by atoms with E-state index in [4.69, 9.17) is 10.7 Å². The molecule has 0 aliphatic carbocycles. The molecule has 0 saturated carbocycles. The molecule has 7 heteroatoms. The Balaban J connectivity index is 1.66. The second kappa shape index (κ2) is 9.75. The summed E-state index contributed by atoms with van der Waals surface area (Å²) < 4.78 is 4.26. The molecule has 7 nitrogen and oxygen atoms in total. The van der Waals surface area contributed by atoms with Crippen LogP contribution in [-0.4, -0.2) is 37.5 Å². The van der Waals surface area contributed by atoms with Gasteiger partial charge in [-0.05, 0) is 37.1 Å². The van der Waals surface area contributed by atoms with Gasteiger partial charge in [-0.25, -0.2) is 0 Å². The van der Waals surface area contributed by atoms with E-state index in [9.17, 15) is 0 Å². The molecule has 0 saturated heterocycles. The molecule has 0 fully saturated rings. The van der Waals surface area contributed by atoms with Crippen LogP contribution in [0.25, 0.3) is 16.7 Å². The van der Waals surface area contributed by atoms with Crippen molar-refractivity contribution >= 4 is 22.4 Å². The fraction of sp³-hybridized carbons (Fsp3) is 0.360. The Labute approximate surface area is 188 Å². The molecule has 1 atom stereocenters. The zero-order valence-corrected chi connectivity index (χ0v) is 18.7. The highest BCUT2D eigenvalue weighted by atomic mass is 15.2. The van der Waals surface area contributed by atoms with Crippen molar-refractivity contribution in [2.75, 3.05) is 6.54 Å². The molecule has 0 aliphatic rings. The number of aryl methyl sites for hydroxylation is 1. The normalized spacial score (nSPS) is 12.3. The van der Waals surface area contributed by atoms with Crippen molar-refractivity contribution in [3.63, 3.8) is 0 Å². The van der Waals surface area contributed by atoms with Gasteiger partial charge in [0, 0.05) is 25.6 Å². The molecule has 3 heterocycles. The number of aromatic nitrogens is 4. The molecular formula is C25H29N7. The molecule has 1 unspecified atom stereocenters. The lowest BCUT2D eigenvalue weighted by atomic mass is 10.1. The Morgan fingerprint density at radius 3 is 2.72 bits per heavy atom. The molecule has 1 aromatic carbocycles. The van der Waals surface area contributed by atoms with Crippen LogP contribution in [-0.2, 0) is 6.54 Å². The van der Waals surface area contributed by atoms with E-state index in [0.29, 0.717) is 31.6 Å². The Bertz CT molecular complexity index is 1260. The fourth-order valence-electron chi connectivity index (χ4n) is 4.29. The van der Waals surface area contributed by atoms with Crippen molar-refractivity contribution in [1.29, 1.82) is 10.7 Å². The van der Waals surface area contributed by atoms with E-state index in [1.54, 1.807) is 0 Å². The highest BCUT2D eigenvalue weighted by molar-refractivity contribution is 6.01. The van der Waals surface area contributed by atoms with E-state index >= 15 is 0 Å². The lowest BCUT2D eigenvalue weighted by Crippen LogP contribution is -2.30. The number of nitriles is 1. The molecule has 32 heavy (non-hydrogen) atoms. The summed E-state index contributed by atoms with van der Waals surface area (Å²) in [6.45, 7) is 5.45. The molecule has 0 radical (unpaired) electrons. The predicted molar refractivity (Wildman–Crippen MR) is 127 cm³/mol. The van der Waals surface area contributed by atoms with Crippen molar-refractivity contribution in [1.82, 2.24) is 24.5 Å². The van der Waals surface area contributed by atoms with Crippen LogP contribution >= 0.6 is 0 Å². The van der Waals surface area contributed by atoms with Gasteiger partial charge in [-0.2, -0.15) is 5.26 Å². The first-order valence-electron chi connectivity index (χ1n) is 11.2. The quantitative estimate of drug-likeness (QED) is 0.365. The summed E-state index contributed by atoms with van der Waals surface area (Å²) >= 11 is 0. The number of hydrogen-bond donors (Lipinski definition) is 2. The van der Waals surface area contributed by atoms with Crippen molar-refractivity contribution in [2.24, 2.45) is 0 Å². The minimum absolute atomic E-state index is 0.187. The van der Waals surface area contributed by atoms with Crippen molar-refractivity contribution in [2.45, 2.75) is 52.1 Å². The summed E-state index contributed by atoms with van der Waals surface area (Å²) in [4.78, 5) is 0. The van der Waals surface area contributed by atoms with Gasteiger partial charge in [0.2, 0.25) is 0 Å². The number of hydrogen-bond acceptors (Lipinski definition) is 5. The zero-order valence-electron chi connectivity index (χ0n) is 18.7. The first kappa shape index (κ1) is 21.7. The number of rotatable bonds is 10. The van der Waals surface area contributed by atoms with Crippen LogP contribution < -0.4 is 5.32 Å². The SMILES string of the molecule is CCCC(CC#N)NCCC(=N)c1cc2c(ccc3nnc(C)n32)n1Cc1ccccc1. The summed E-state index contributed by atoms with van der Waals surface area (Å²) in [6, 6.07) is 18.9. The minimum Gasteiger partial charge on any atom is -0.334 e. The highest BCUT2D eigenvalue weighted by Gasteiger charge is 2.17. The lowest BCUT2D eigenvalue weighted by molar-refractivity contribution is 0.490. The average molecular weight is 428 g/mol. The van der Waals surface area contributed by atoms with Gasteiger partial charge < -0.3 is 15.3 Å². The average Bonchev–Trinajstić information content (AvgIpc) is 3.35. The molecule has 4 rings (SSSR count). The molecule has 0 aliphatic heterocycles. The smallest absolute Gasteiger partial charge is 0.161 e. The third-order valence-electron chi connectivity index (χ3n) is 5.87. The van der Waals surface area contributed by atoms with E-state index in [0.717, 1.165) is 41.0 Å². The van der Waals surface area contributed by atoms with Crippen LogP contribution in [0.3, 0.4) is 0 Å². The molecule has 2 N–H and O–H groups in total. The third kappa shape index (κ3) is 4.41. The predicted octanol–water partition coefficient (Wildman–Crippen LogP) is 4.47. The van der Waals surface area contributed by atoms with Gasteiger partial charge in [0.25, 0.3) is 0 Å². The molecular weight excluding hydrogens is 398 g/mol. The monoisotopic (exact) mass is 427 g/mol. The summed E-state index contributed by atoms with van der Waals surface area (Å²) in [5.41, 5.74) is 5.56. The first-order chi connectivity index (χ1) is 15.6. The van der Waals surface area contributed by atoms with Crippen LogP contribution in [0.1, 0.15) is 49.7 Å². The number of nitrogens with one attached hydrogen (secondary N) is 2. The van der Waals surface area contributed by atoms with E-state index < -0.39 is 0 Å². The van der Waals surface area contributed by atoms with Crippen LogP contribution in [0.5, 0.6) is 0 Å². The van der Waals surface area contributed by atoms with E-state index in [2.05, 4.69) is 61.7 Å². The maximum absolute atomic E-state index is 9.05. The Hall–Kier alpha value is -3.50. The maximum Gasteiger partial charge on any atom is 0.161 e. The van der Waals surface area contributed by atoms with Gasteiger partial charge in [-0.1, -0.05) is 43.7 Å². The molecule has 0 amide bonds. The number of fused-ring (bicyclic) bond motifs is 3. The van der Waals surface area contributed by atoms with Gasteiger partial charge >= 0.3 is 0 Å². The standard InChI is InChI=1S/C25H29N7/c1-3-7-20(12-14-26)28-15-13-21(27)23-16-24-22(10-11-25-30-29-18(2)32(24)25)31(23)17-19-8-5-4-6-9-19/h4-6,8-11,16,20,27-28H,3,7,12-13,15,17H2,1-2H3. The first-order valence-corrected chi connectivity index (χ1v) is 11.2. The van der Waals surface area contributed by atoms with Gasteiger partial charge in [-0.15, -0.1) is 10.2 Å². The van der Waals surface area contributed by atoms with Gasteiger partial charge in [0.1, 0.15) is 5.82 Å². The highest BCUT2D eigenvalue weighted by Crippen LogP contribution is 2.24. The van der Waals surface area contributed by atoms with Crippen LogP contribution in [0, 0.1) is 23.7 Å². The molecule has 0 bridgehead atoms. The van der Waals surface area contributed by atoms with Crippen LogP contribution in [0.2, 0.25) is 0 Å². The van der Waals surface area contributed by atoms with E-state index in [1.807, 2.05) is 31.2 Å². The Kier molecular flexibility index (Phi) is 6.62. The second-order valence-corrected chi connectivity index (χ2v) is 8.18. The van der Waals surface area contributed by atoms with Gasteiger partial charge in [-0.3, -0.25) is 4.40 Å². The van der Waals surface area contributed by atoms with Crippen molar-refractivity contribution in [3.8, 4) is 6.07 Å². The van der Waals surface area contributed by atoms with Gasteiger partial charge in [0.15, 0.2) is 5.65 Å². The molecule has 3 aromatic heterocycles. The summed E-state index contributed by atoms with van der Waals surface area (Å²) in [5, 5.41) is 29.9. The largest absolute Gasteiger partial charge is 0.334 e. The van der Waals surface area contributed by atoms with Gasteiger partial charge in [0.05, 0.1) is 34.9 Å². The van der Waals surface area contributed by atoms with Crippen LogP contribution in [0.4, 0.5) is 0 Å².